The van der Waals surface area contributed by atoms with Crippen molar-refractivity contribution in [3.8, 4) is 11.5 Å². The second-order valence-electron chi connectivity index (χ2n) is 9.94. The highest BCUT2D eigenvalue weighted by atomic mass is 16.5. The first-order valence-electron chi connectivity index (χ1n) is 13.6. The summed E-state index contributed by atoms with van der Waals surface area (Å²) in [5.74, 6) is 1.03. The number of piperazine rings is 1. The average Bonchev–Trinajstić information content (AvgIpc) is 2.98. The summed E-state index contributed by atoms with van der Waals surface area (Å²) in [6.45, 7) is 4.40. The lowest BCUT2D eigenvalue weighted by Crippen LogP contribution is -2.47. The number of hydrogen-bond donors (Lipinski definition) is 2. The van der Waals surface area contributed by atoms with Crippen molar-refractivity contribution < 1.29 is 19.1 Å². The van der Waals surface area contributed by atoms with Crippen LogP contribution >= 0.6 is 0 Å². The lowest BCUT2D eigenvalue weighted by molar-refractivity contribution is -0.118. The fraction of sp³-hybridized carbons (Fsp3) is 0.355. The summed E-state index contributed by atoms with van der Waals surface area (Å²) in [6, 6.07) is 22.7. The Morgan fingerprint density at radius 2 is 1.55 bits per heavy atom. The monoisotopic (exact) mass is 545 g/mol. The van der Waals surface area contributed by atoms with Crippen LogP contribution in [0.2, 0.25) is 0 Å². The zero-order valence-corrected chi connectivity index (χ0v) is 23.6. The third-order valence-electron chi connectivity index (χ3n) is 6.75. The molecule has 2 N–H and O–H groups in total. The van der Waals surface area contributed by atoms with Gasteiger partial charge in [0.2, 0.25) is 0 Å². The number of carbonyl (C=O) groups excluding carboxylic acids is 2. The summed E-state index contributed by atoms with van der Waals surface area (Å²) < 4.78 is 11.1. The fourth-order valence-corrected chi connectivity index (χ4v) is 4.71. The first kappa shape index (κ1) is 28.8. The van der Waals surface area contributed by atoms with Gasteiger partial charge in [-0.25, -0.2) is 0 Å². The molecule has 4 rings (SSSR count). The Kier molecular flexibility index (Phi) is 10.2. The van der Waals surface area contributed by atoms with Gasteiger partial charge in [0.15, 0.2) is 6.61 Å². The molecule has 9 nitrogen and oxygen atoms in total. The Morgan fingerprint density at radius 1 is 0.875 bits per heavy atom. The molecule has 0 aliphatic carbocycles. The summed E-state index contributed by atoms with van der Waals surface area (Å²) >= 11 is 0. The van der Waals surface area contributed by atoms with Crippen LogP contribution in [0.5, 0.6) is 11.5 Å². The topological polar surface area (TPSA) is 86.4 Å². The molecule has 3 aromatic rings. The Bertz CT molecular complexity index is 1260. The van der Waals surface area contributed by atoms with Crippen LogP contribution < -0.4 is 29.9 Å². The van der Waals surface area contributed by atoms with Crippen molar-refractivity contribution in [1.29, 1.82) is 0 Å². The third kappa shape index (κ3) is 7.89. The molecule has 1 fully saturated rings. The van der Waals surface area contributed by atoms with E-state index >= 15 is 0 Å². The van der Waals surface area contributed by atoms with Gasteiger partial charge in [0.1, 0.15) is 11.5 Å². The van der Waals surface area contributed by atoms with Gasteiger partial charge in [0, 0.05) is 44.1 Å². The molecule has 1 aliphatic heterocycles. The standard InChI is InChI=1S/C31H39N5O4/c1-34(2)17-9-16-32-31(38)26-22-24(33-30(37)23-40-25-10-5-4-6-11-25)14-15-27(26)35-18-20-36(21-19-35)28-12-7-8-13-29(28)39-3/h4-8,10-15,22H,9,16-21,23H2,1-3H3,(H,32,38)(H,33,37). The van der Waals surface area contributed by atoms with Crippen LogP contribution in [-0.4, -0.2) is 83.8 Å². The molecular weight excluding hydrogens is 506 g/mol. The lowest BCUT2D eigenvalue weighted by atomic mass is 10.1. The third-order valence-corrected chi connectivity index (χ3v) is 6.75. The Balaban J connectivity index is 1.46. The van der Waals surface area contributed by atoms with E-state index in [1.54, 1.807) is 25.3 Å². The Hall–Kier alpha value is -4.24. The normalized spacial score (nSPS) is 13.2. The van der Waals surface area contributed by atoms with Crippen molar-refractivity contribution in [2.45, 2.75) is 6.42 Å². The Labute approximate surface area is 236 Å². The van der Waals surface area contributed by atoms with Gasteiger partial charge in [-0.15, -0.1) is 0 Å². The molecule has 0 unspecified atom stereocenters. The molecule has 1 saturated heterocycles. The number of hydrogen-bond acceptors (Lipinski definition) is 7. The maximum atomic E-state index is 13.4. The number of para-hydroxylation sites is 3. The average molecular weight is 546 g/mol. The summed E-state index contributed by atoms with van der Waals surface area (Å²) in [5.41, 5.74) is 3.01. The lowest BCUT2D eigenvalue weighted by Gasteiger charge is -2.38. The van der Waals surface area contributed by atoms with Gasteiger partial charge in [-0.3, -0.25) is 9.59 Å². The summed E-state index contributed by atoms with van der Waals surface area (Å²) in [7, 11) is 5.71. The summed E-state index contributed by atoms with van der Waals surface area (Å²) in [5, 5.41) is 5.92. The van der Waals surface area contributed by atoms with Gasteiger partial charge in [-0.1, -0.05) is 30.3 Å². The van der Waals surface area contributed by atoms with Gasteiger partial charge < -0.3 is 34.8 Å². The summed E-state index contributed by atoms with van der Waals surface area (Å²) in [6.07, 6.45) is 0.846. The molecule has 1 heterocycles. The van der Waals surface area contributed by atoms with E-state index in [1.807, 2.05) is 62.6 Å². The second-order valence-corrected chi connectivity index (χ2v) is 9.94. The van der Waals surface area contributed by atoms with E-state index in [9.17, 15) is 9.59 Å². The molecule has 212 valence electrons. The van der Waals surface area contributed by atoms with E-state index in [-0.39, 0.29) is 18.4 Å². The van der Waals surface area contributed by atoms with Gasteiger partial charge in [-0.05, 0) is 69.5 Å². The van der Waals surface area contributed by atoms with E-state index in [0.29, 0.717) is 23.5 Å². The number of amides is 2. The molecule has 40 heavy (non-hydrogen) atoms. The molecule has 0 saturated carbocycles. The zero-order chi connectivity index (χ0) is 28.3. The highest BCUT2D eigenvalue weighted by molar-refractivity contribution is 6.02. The van der Waals surface area contributed by atoms with Crippen molar-refractivity contribution in [2.75, 3.05) is 82.2 Å². The fourth-order valence-electron chi connectivity index (χ4n) is 4.71. The molecule has 1 aliphatic rings. The smallest absolute Gasteiger partial charge is 0.262 e. The maximum Gasteiger partial charge on any atom is 0.262 e. The van der Waals surface area contributed by atoms with Crippen LogP contribution in [0, 0.1) is 0 Å². The molecule has 0 atom stereocenters. The predicted molar refractivity (Wildman–Crippen MR) is 160 cm³/mol. The van der Waals surface area contributed by atoms with Crippen LogP contribution in [0.4, 0.5) is 17.1 Å². The van der Waals surface area contributed by atoms with E-state index in [4.69, 9.17) is 9.47 Å². The SMILES string of the molecule is COc1ccccc1N1CCN(c2ccc(NC(=O)COc3ccccc3)cc2C(=O)NCCCN(C)C)CC1. The molecule has 9 heteroatoms. The van der Waals surface area contributed by atoms with Crippen molar-refractivity contribution in [2.24, 2.45) is 0 Å². The molecule has 3 aromatic carbocycles. The maximum absolute atomic E-state index is 13.4. The molecule has 0 spiro atoms. The number of methoxy groups -OCH3 is 1. The predicted octanol–water partition coefficient (Wildman–Crippen LogP) is 3.72. The number of nitrogens with zero attached hydrogens (tertiary/aromatic N) is 3. The quantitative estimate of drug-likeness (QED) is 0.336. The van der Waals surface area contributed by atoms with Gasteiger partial charge in [-0.2, -0.15) is 0 Å². The Morgan fingerprint density at radius 3 is 2.25 bits per heavy atom. The van der Waals surface area contributed by atoms with Crippen molar-refractivity contribution in [1.82, 2.24) is 10.2 Å². The molecule has 0 radical (unpaired) electrons. The van der Waals surface area contributed by atoms with Crippen LogP contribution in [0.15, 0.2) is 72.8 Å². The molecular formula is C31H39N5O4. The minimum atomic E-state index is -0.292. The number of carbonyl (C=O) groups is 2. The number of nitrogens with one attached hydrogen (secondary N) is 2. The first-order chi connectivity index (χ1) is 19.4. The molecule has 0 bridgehead atoms. The largest absolute Gasteiger partial charge is 0.495 e. The van der Waals surface area contributed by atoms with E-state index in [0.717, 1.165) is 56.3 Å². The van der Waals surface area contributed by atoms with E-state index in [1.165, 1.54) is 0 Å². The van der Waals surface area contributed by atoms with E-state index in [2.05, 4.69) is 31.4 Å². The minimum absolute atomic E-state index is 0.122. The van der Waals surface area contributed by atoms with Crippen LogP contribution in [0.25, 0.3) is 0 Å². The van der Waals surface area contributed by atoms with Crippen molar-refractivity contribution in [3.63, 3.8) is 0 Å². The van der Waals surface area contributed by atoms with Crippen LogP contribution in [0.3, 0.4) is 0 Å². The number of benzene rings is 3. The number of ether oxygens (including phenoxy) is 2. The molecule has 0 aromatic heterocycles. The molecule has 2 amide bonds. The number of rotatable bonds is 12. The van der Waals surface area contributed by atoms with Crippen molar-refractivity contribution in [3.05, 3.63) is 78.4 Å². The highest BCUT2D eigenvalue weighted by Gasteiger charge is 2.24. The zero-order valence-electron chi connectivity index (χ0n) is 23.6. The van der Waals surface area contributed by atoms with Crippen LogP contribution in [0.1, 0.15) is 16.8 Å². The second kappa shape index (κ2) is 14.2. The van der Waals surface area contributed by atoms with Gasteiger partial charge in [0.25, 0.3) is 11.8 Å². The minimum Gasteiger partial charge on any atom is -0.495 e. The van der Waals surface area contributed by atoms with Gasteiger partial charge >= 0.3 is 0 Å². The van der Waals surface area contributed by atoms with Crippen molar-refractivity contribution >= 4 is 28.9 Å². The van der Waals surface area contributed by atoms with E-state index < -0.39 is 0 Å². The number of anilines is 3. The highest BCUT2D eigenvalue weighted by Crippen LogP contribution is 2.31. The van der Waals surface area contributed by atoms with Gasteiger partial charge in [0.05, 0.1) is 18.4 Å². The first-order valence-corrected chi connectivity index (χ1v) is 13.6. The van der Waals surface area contributed by atoms with Crippen LogP contribution in [-0.2, 0) is 4.79 Å². The summed E-state index contributed by atoms with van der Waals surface area (Å²) in [4.78, 5) is 32.6.